The van der Waals surface area contributed by atoms with E-state index >= 15 is 0 Å². The first-order valence-corrected chi connectivity index (χ1v) is 10.4. The summed E-state index contributed by atoms with van der Waals surface area (Å²) in [5, 5.41) is 3.66. The summed E-state index contributed by atoms with van der Waals surface area (Å²) in [6.07, 6.45) is 12.4. The molecule has 1 N–H and O–H groups in total. The Morgan fingerprint density at radius 1 is 0.967 bits per heavy atom. The van der Waals surface area contributed by atoms with Crippen LogP contribution in [0, 0.1) is 12.3 Å². The fraction of sp³-hybridized carbons (Fsp3) is 0.172. The molecule has 1 aliphatic rings. The van der Waals surface area contributed by atoms with Crippen molar-refractivity contribution in [2.24, 2.45) is 0 Å². The number of anilines is 2. The molecule has 0 saturated carbocycles. The van der Waals surface area contributed by atoms with E-state index in [4.69, 9.17) is 6.42 Å². The lowest BCUT2D eigenvalue weighted by atomic mass is 9.82. The van der Waals surface area contributed by atoms with Gasteiger partial charge in [-0.05, 0) is 52.9 Å². The summed E-state index contributed by atoms with van der Waals surface area (Å²) >= 11 is 0. The molecular formula is C29H27N. The molecule has 0 bridgehead atoms. The highest BCUT2D eigenvalue weighted by atomic mass is 14.9. The van der Waals surface area contributed by atoms with Crippen LogP contribution in [0.25, 0.3) is 16.7 Å². The van der Waals surface area contributed by atoms with Crippen molar-refractivity contribution in [1.29, 1.82) is 0 Å². The Morgan fingerprint density at radius 2 is 1.70 bits per heavy atom. The van der Waals surface area contributed by atoms with E-state index in [2.05, 4.69) is 104 Å². The van der Waals surface area contributed by atoms with Crippen molar-refractivity contribution in [1.82, 2.24) is 0 Å². The zero-order valence-electron chi connectivity index (χ0n) is 17.9. The van der Waals surface area contributed by atoms with Gasteiger partial charge in [0.05, 0.1) is 0 Å². The third-order valence-corrected chi connectivity index (χ3v) is 5.89. The van der Waals surface area contributed by atoms with Crippen LogP contribution in [0.4, 0.5) is 11.4 Å². The van der Waals surface area contributed by atoms with Crippen LogP contribution in [0.1, 0.15) is 43.9 Å². The van der Waals surface area contributed by atoms with Gasteiger partial charge in [0.1, 0.15) is 0 Å². The normalized spacial score (nSPS) is 14.3. The monoisotopic (exact) mass is 389 g/mol. The molecule has 1 aliphatic carbocycles. The molecule has 0 aromatic heterocycles. The van der Waals surface area contributed by atoms with Crippen LogP contribution in [0.3, 0.4) is 0 Å². The van der Waals surface area contributed by atoms with E-state index in [1.807, 2.05) is 13.0 Å². The molecule has 0 amide bonds. The molecule has 0 heterocycles. The molecule has 0 saturated heterocycles. The molecule has 1 heteroatoms. The first-order chi connectivity index (χ1) is 14.6. The van der Waals surface area contributed by atoms with Gasteiger partial charge in [-0.1, -0.05) is 80.6 Å². The van der Waals surface area contributed by atoms with E-state index in [9.17, 15) is 0 Å². The summed E-state index contributed by atoms with van der Waals surface area (Å²) in [7, 11) is 0. The van der Waals surface area contributed by atoms with Crippen LogP contribution in [0.2, 0.25) is 0 Å². The van der Waals surface area contributed by atoms with Gasteiger partial charge in [-0.3, -0.25) is 0 Å². The van der Waals surface area contributed by atoms with Crippen molar-refractivity contribution in [3.63, 3.8) is 0 Å². The van der Waals surface area contributed by atoms with E-state index in [0.29, 0.717) is 6.42 Å². The molecule has 0 aliphatic heterocycles. The van der Waals surface area contributed by atoms with Crippen molar-refractivity contribution >= 4 is 16.9 Å². The van der Waals surface area contributed by atoms with Crippen LogP contribution in [-0.2, 0) is 5.41 Å². The minimum atomic E-state index is -0.00799. The van der Waals surface area contributed by atoms with Crippen LogP contribution in [0.15, 0.2) is 85.0 Å². The molecule has 3 aromatic rings. The molecule has 1 nitrogen and oxygen atoms in total. The number of terminal acetylenes is 1. The average Bonchev–Trinajstić information content (AvgIpc) is 2.99. The molecule has 30 heavy (non-hydrogen) atoms. The third kappa shape index (κ3) is 3.46. The van der Waals surface area contributed by atoms with Crippen molar-refractivity contribution in [2.75, 3.05) is 5.32 Å². The van der Waals surface area contributed by atoms with E-state index < -0.39 is 0 Å². The molecule has 0 radical (unpaired) electrons. The van der Waals surface area contributed by atoms with Crippen molar-refractivity contribution < 1.29 is 0 Å². The van der Waals surface area contributed by atoms with Crippen LogP contribution < -0.4 is 5.32 Å². The first-order valence-electron chi connectivity index (χ1n) is 10.4. The molecule has 148 valence electrons. The Labute approximate surface area is 180 Å². The van der Waals surface area contributed by atoms with Gasteiger partial charge >= 0.3 is 0 Å². The summed E-state index contributed by atoms with van der Waals surface area (Å²) in [5.41, 5.74) is 9.88. The highest BCUT2D eigenvalue weighted by Gasteiger charge is 2.35. The number of allylic oxidation sites excluding steroid dienone is 4. The van der Waals surface area contributed by atoms with Crippen LogP contribution >= 0.6 is 0 Å². The number of benzene rings is 3. The summed E-state index contributed by atoms with van der Waals surface area (Å²) in [6, 6.07) is 23.8. The topological polar surface area (TPSA) is 12.0 Å². The second kappa shape index (κ2) is 8.09. The average molecular weight is 390 g/mol. The second-order valence-corrected chi connectivity index (χ2v) is 8.17. The Hall–Kier alpha value is -3.50. The van der Waals surface area contributed by atoms with Crippen molar-refractivity contribution in [3.8, 4) is 23.5 Å². The maximum atomic E-state index is 5.49. The molecular weight excluding hydrogens is 362 g/mol. The van der Waals surface area contributed by atoms with Gasteiger partial charge < -0.3 is 5.32 Å². The number of hydrogen-bond acceptors (Lipinski definition) is 1. The lowest BCUT2D eigenvalue weighted by Gasteiger charge is -2.22. The molecule has 3 aromatic carbocycles. The quantitative estimate of drug-likeness (QED) is 0.348. The third-order valence-electron chi connectivity index (χ3n) is 5.89. The predicted molar refractivity (Wildman–Crippen MR) is 130 cm³/mol. The Kier molecular flexibility index (Phi) is 5.34. The zero-order valence-corrected chi connectivity index (χ0v) is 17.9. The lowest BCUT2D eigenvalue weighted by molar-refractivity contribution is 0.660. The fourth-order valence-electron chi connectivity index (χ4n) is 4.40. The van der Waals surface area contributed by atoms with Gasteiger partial charge in [0.25, 0.3) is 0 Å². The van der Waals surface area contributed by atoms with Gasteiger partial charge in [-0.2, -0.15) is 0 Å². The maximum Gasteiger partial charge on any atom is 0.0463 e. The van der Waals surface area contributed by atoms with Crippen molar-refractivity contribution in [3.05, 3.63) is 102 Å². The zero-order chi connectivity index (χ0) is 21.1. The van der Waals surface area contributed by atoms with Gasteiger partial charge in [0.2, 0.25) is 0 Å². The molecule has 0 unspecified atom stereocenters. The van der Waals surface area contributed by atoms with Crippen molar-refractivity contribution in [2.45, 2.75) is 32.6 Å². The largest absolute Gasteiger partial charge is 0.355 e. The maximum absolute atomic E-state index is 5.49. The van der Waals surface area contributed by atoms with Gasteiger partial charge in [0.15, 0.2) is 0 Å². The Bertz CT molecular complexity index is 1180. The highest BCUT2D eigenvalue weighted by Crippen LogP contribution is 2.49. The van der Waals surface area contributed by atoms with Crippen LogP contribution in [0.5, 0.6) is 0 Å². The summed E-state index contributed by atoms with van der Waals surface area (Å²) in [4.78, 5) is 0. The smallest absolute Gasteiger partial charge is 0.0463 e. The van der Waals surface area contributed by atoms with Gasteiger partial charge in [0, 0.05) is 28.8 Å². The fourth-order valence-corrected chi connectivity index (χ4v) is 4.40. The van der Waals surface area contributed by atoms with Crippen LogP contribution in [-0.4, -0.2) is 0 Å². The summed E-state index contributed by atoms with van der Waals surface area (Å²) < 4.78 is 0. The Morgan fingerprint density at radius 3 is 2.50 bits per heavy atom. The summed E-state index contributed by atoms with van der Waals surface area (Å²) in [5.74, 6) is 2.71. The molecule has 4 rings (SSSR count). The number of fused-ring (bicyclic) bond motifs is 3. The number of nitrogens with one attached hydrogen (secondary N) is 1. The van der Waals surface area contributed by atoms with E-state index in [1.54, 1.807) is 0 Å². The number of para-hydroxylation sites is 1. The van der Waals surface area contributed by atoms with E-state index in [-0.39, 0.29) is 5.41 Å². The standard InChI is InChI=1S/C29H27N/c1-5-7-13-21(12-6-2)23-14-9-11-17-28(23)30-22-18-19-25-24-15-8-10-16-26(24)29(3,4)27(25)20-22/h1,6,8-20,30H,7H2,2-4H3/b12-6-,21-13+. The number of hydrogen-bond donors (Lipinski definition) is 1. The first kappa shape index (κ1) is 19.8. The predicted octanol–water partition coefficient (Wildman–Crippen LogP) is 7.72. The van der Waals surface area contributed by atoms with Gasteiger partial charge in [-0.15, -0.1) is 12.3 Å². The Balaban J connectivity index is 1.73. The minimum absolute atomic E-state index is 0.00799. The molecule has 0 atom stereocenters. The van der Waals surface area contributed by atoms with Gasteiger partial charge in [-0.25, -0.2) is 0 Å². The number of rotatable bonds is 5. The lowest BCUT2D eigenvalue weighted by Crippen LogP contribution is -2.15. The summed E-state index contributed by atoms with van der Waals surface area (Å²) in [6.45, 7) is 6.64. The molecule has 0 fully saturated rings. The second-order valence-electron chi connectivity index (χ2n) is 8.17. The highest BCUT2D eigenvalue weighted by molar-refractivity contribution is 5.86. The minimum Gasteiger partial charge on any atom is -0.355 e. The van der Waals surface area contributed by atoms with E-state index in [1.165, 1.54) is 22.3 Å². The molecule has 0 spiro atoms. The van der Waals surface area contributed by atoms with E-state index in [0.717, 1.165) is 22.5 Å². The SMILES string of the molecule is C#CC/C=C(\C=C/C)c1ccccc1Nc1ccc2c(c1)C(C)(C)c1ccccc1-2.